The van der Waals surface area contributed by atoms with Crippen LogP contribution in [0, 0.1) is 5.92 Å². The summed E-state index contributed by atoms with van der Waals surface area (Å²) in [5, 5.41) is 3.57. The van der Waals surface area contributed by atoms with Crippen LogP contribution in [-0.2, 0) is 6.54 Å². The van der Waals surface area contributed by atoms with Crippen molar-refractivity contribution in [2.75, 3.05) is 19.6 Å². The van der Waals surface area contributed by atoms with Gasteiger partial charge >= 0.3 is 0 Å². The van der Waals surface area contributed by atoms with Crippen molar-refractivity contribution in [2.45, 2.75) is 39.3 Å². The third-order valence-electron chi connectivity index (χ3n) is 3.67. The highest BCUT2D eigenvalue weighted by molar-refractivity contribution is 5.14. The SMILES string of the molecule is CC(C)NCC1CCCN(Cc2ccccc2)C1. The molecule has 0 aliphatic carbocycles. The van der Waals surface area contributed by atoms with E-state index < -0.39 is 0 Å². The van der Waals surface area contributed by atoms with Gasteiger partial charge in [0.25, 0.3) is 0 Å². The van der Waals surface area contributed by atoms with Gasteiger partial charge in [-0.1, -0.05) is 44.2 Å². The first kappa shape index (κ1) is 13.6. The fourth-order valence-corrected chi connectivity index (χ4v) is 2.71. The molecular weight excluding hydrogens is 220 g/mol. The average Bonchev–Trinajstić information content (AvgIpc) is 2.38. The number of hydrogen-bond acceptors (Lipinski definition) is 2. The summed E-state index contributed by atoms with van der Waals surface area (Å²) >= 11 is 0. The molecule has 0 saturated carbocycles. The van der Waals surface area contributed by atoms with Crippen molar-refractivity contribution >= 4 is 0 Å². The van der Waals surface area contributed by atoms with E-state index in [0.29, 0.717) is 6.04 Å². The molecule has 1 fully saturated rings. The molecule has 0 spiro atoms. The van der Waals surface area contributed by atoms with E-state index in [1.165, 1.54) is 38.0 Å². The maximum atomic E-state index is 3.57. The van der Waals surface area contributed by atoms with Gasteiger partial charge in [0.05, 0.1) is 0 Å². The highest BCUT2D eigenvalue weighted by Gasteiger charge is 2.19. The van der Waals surface area contributed by atoms with Gasteiger partial charge in [-0.2, -0.15) is 0 Å². The van der Waals surface area contributed by atoms with Gasteiger partial charge in [0.15, 0.2) is 0 Å². The number of piperidine rings is 1. The standard InChI is InChI=1S/C16H26N2/c1-14(2)17-11-16-9-6-10-18(13-16)12-15-7-4-3-5-8-15/h3-5,7-8,14,16-17H,6,9-13H2,1-2H3. The predicted octanol–water partition coefficient (Wildman–Crippen LogP) is 2.90. The summed E-state index contributed by atoms with van der Waals surface area (Å²) in [6, 6.07) is 11.4. The first-order chi connectivity index (χ1) is 8.74. The second-order valence-electron chi connectivity index (χ2n) is 5.79. The molecule has 0 amide bonds. The zero-order valence-corrected chi connectivity index (χ0v) is 11.7. The molecule has 18 heavy (non-hydrogen) atoms. The maximum absolute atomic E-state index is 3.57. The summed E-state index contributed by atoms with van der Waals surface area (Å²) in [5.74, 6) is 0.824. The van der Waals surface area contributed by atoms with Gasteiger partial charge in [0.2, 0.25) is 0 Å². The summed E-state index contributed by atoms with van der Waals surface area (Å²) in [6.45, 7) is 9.23. The van der Waals surface area contributed by atoms with Gasteiger partial charge in [-0.15, -0.1) is 0 Å². The Morgan fingerprint density at radius 3 is 2.78 bits per heavy atom. The quantitative estimate of drug-likeness (QED) is 0.859. The minimum atomic E-state index is 0.606. The first-order valence-electron chi connectivity index (χ1n) is 7.23. The van der Waals surface area contributed by atoms with Crippen LogP contribution < -0.4 is 5.32 Å². The molecule has 0 radical (unpaired) electrons. The molecule has 1 aromatic rings. The summed E-state index contributed by atoms with van der Waals surface area (Å²) in [7, 11) is 0. The highest BCUT2D eigenvalue weighted by atomic mass is 15.1. The van der Waals surface area contributed by atoms with Gasteiger partial charge < -0.3 is 5.32 Å². The lowest BCUT2D eigenvalue weighted by molar-refractivity contribution is 0.164. The third kappa shape index (κ3) is 4.43. The van der Waals surface area contributed by atoms with E-state index in [2.05, 4.69) is 54.4 Å². The Morgan fingerprint density at radius 1 is 1.28 bits per heavy atom. The van der Waals surface area contributed by atoms with Gasteiger partial charge in [-0.05, 0) is 37.4 Å². The van der Waals surface area contributed by atoms with Crippen LogP contribution in [0.1, 0.15) is 32.3 Å². The van der Waals surface area contributed by atoms with Crippen LogP contribution in [0.3, 0.4) is 0 Å². The molecule has 1 aliphatic rings. The minimum Gasteiger partial charge on any atom is -0.314 e. The summed E-state index contributed by atoms with van der Waals surface area (Å²) < 4.78 is 0. The molecule has 1 unspecified atom stereocenters. The number of rotatable bonds is 5. The second kappa shape index (κ2) is 6.91. The molecule has 1 heterocycles. The summed E-state index contributed by atoms with van der Waals surface area (Å²) in [6.07, 6.45) is 2.72. The van der Waals surface area contributed by atoms with Gasteiger partial charge in [0, 0.05) is 19.1 Å². The van der Waals surface area contributed by atoms with E-state index in [9.17, 15) is 0 Å². The van der Waals surface area contributed by atoms with Crippen molar-refractivity contribution in [1.29, 1.82) is 0 Å². The van der Waals surface area contributed by atoms with Crippen molar-refractivity contribution in [1.82, 2.24) is 10.2 Å². The van der Waals surface area contributed by atoms with Gasteiger partial charge in [-0.3, -0.25) is 4.90 Å². The maximum Gasteiger partial charge on any atom is 0.0233 e. The minimum absolute atomic E-state index is 0.606. The largest absolute Gasteiger partial charge is 0.314 e. The molecule has 1 aliphatic heterocycles. The molecule has 1 N–H and O–H groups in total. The van der Waals surface area contributed by atoms with Crippen molar-refractivity contribution in [2.24, 2.45) is 5.92 Å². The van der Waals surface area contributed by atoms with Crippen molar-refractivity contribution < 1.29 is 0 Å². The third-order valence-corrected chi connectivity index (χ3v) is 3.67. The van der Waals surface area contributed by atoms with Crippen molar-refractivity contribution in [3.63, 3.8) is 0 Å². The number of nitrogens with zero attached hydrogens (tertiary/aromatic N) is 1. The fraction of sp³-hybridized carbons (Fsp3) is 0.625. The van der Waals surface area contributed by atoms with Gasteiger partial charge in [0.1, 0.15) is 0 Å². The highest BCUT2D eigenvalue weighted by Crippen LogP contribution is 2.18. The second-order valence-corrected chi connectivity index (χ2v) is 5.79. The Morgan fingerprint density at radius 2 is 2.06 bits per heavy atom. The molecule has 2 nitrogen and oxygen atoms in total. The Bertz CT molecular complexity index is 334. The van der Waals surface area contributed by atoms with E-state index in [1.807, 2.05) is 0 Å². The number of likely N-dealkylation sites (tertiary alicyclic amines) is 1. The molecule has 2 heteroatoms. The number of benzene rings is 1. The predicted molar refractivity (Wildman–Crippen MR) is 77.6 cm³/mol. The average molecular weight is 246 g/mol. The lowest BCUT2D eigenvalue weighted by Crippen LogP contribution is -2.40. The fourth-order valence-electron chi connectivity index (χ4n) is 2.71. The number of nitrogens with one attached hydrogen (secondary N) is 1. The van der Waals surface area contributed by atoms with E-state index in [4.69, 9.17) is 0 Å². The van der Waals surface area contributed by atoms with Crippen molar-refractivity contribution in [3.05, 3.63) is 35.9 Å². The van der Waals surface area contributed by atoms with Crippen LogP contribution in [0.5, 0.6) is 0 Å². The van der Waals surface area contributed by atoms with Crippen LogP contribution in [-0.4, -0.2) is 30.6 Å². The van der Waals surface area contributed by atoms with Crippen LogP contribution in [0.4, 0.5) is 0 Å². The normalized spacial score (nSPS) is 21.4. The van der Waals surface area contributed by atoms with E-state index >= 15 is 0 Å². The molecule has 1 atom stereocenters. The van der Waals surface area contributed by atoms with E-state index in [0.717, 1.165) is 12.5 Å². The van der Waals surface area contributed by atoms with Crippen LogP contribution in [0.25, 0.3) is 0 Å². The smallest absolute Gasteiger partial charge is 0.0233 e. The monoisotopic (exact) mass is 246 g/mol. The Balaban J connectivity index is 1.79. The summed E-state index contributed by atoms with van der Waals surface area (Å²) in [4.78, 5) is 2.60. The Hall–Kier alpha value is -0.860. The molecule has 2 rings (SSSR count). The van der Waals surface area contributed by atoms with E-state index in [1.54, 1.807) is 0 Å². The first-order valence-corrected chi connectivity index (χ1v) is 7.23. The lowest BCUT2D eigenvalue weighted by atomic mass is 9.97. The molecular formula is C16H26N2. The Labute approximate surface area is 111 Å². The van der Waals surface area contributed by atoms with Crippen LogP contribution >= 0.6 is 0 Å². The van der Waals surface area contributed by atoms with E-state index in [-0.39, 0.29) is 0 Å². The summed E-state index contributed by atoms with van der Waals surface area (Å²) in [5.41, 5.74) is 1.44. The van der Waals surface area contributed by atoms with Crippen LogP contribution in [0.2, 0.25) is 0 Å². The Kier molecular flexibility index (Phi) is 5.21. The van der Waals surface area contributed by atoms with Crippen LogP contribution in [0.15, 0.2) is 30.3 Å². The lowest BCUT2D eigenvalue weighted by Gasteiger charge is -2.33. The zero-order valence-electron chi connectivity index (χ0n) is 11.7. The zero-order chi connectivity index (χ0) is 12.8. The molecule has 0 bridgehead atoms. The molecule has 100 valence electrons. The van der Waals surface area contributed by atoms with Crippen molar-refractivity contribution in [3.8, 4) is 0 Å². The molecule has 1 aromatic carbocycles. The number of hydrogen-bond donors (Lipinski definition) is 1. The molecule has 1 saturated heterocycles. The topological polar surface area (TPSA) is 15.3 Å². The van der Waals surface area contributed by atoms with Gasteiger partial charge in [-0.25, -0.2) is 0 Å². The molecule has 0 aromatic heterocycles.